The second kappa shape index (κ2) is 9.96. The summed E-state index contributed by atoms with van der Waals surface area (Å²) in [6.45, 7) is 0.928. The number of para-hydroxylation sites is 1. The minimum absolute atomic E-state index is 0.102. The van der Waals surface area contributed by atoms with Gasteiger partial charge in [-0.2, -0.15) is 0 Å². The summed E-state index contributed by atoms with van der Waals surface area (Å²) < 4.78 is 15.3. The van der Waals surface area contributed by atoms with E-state index < -0.39 is 18.5 Å². The first-order valence-electron chi connectivity index (χ1n) is 8.27. The van der Waals surface area contributed by atoms with Gasteiger partial charge in [0.05, 0.1) is 7.11 Å². The Labute approximate surface area is 157 Å². The Kier molecular flexibility index (Phi) is 7.37. The first kappa shape index (κ1) is 20.0. The quantitative estimate of drug-likeness (QED) is 0.536. The maximum Gasteiger partial charge on any atom is 0.344 e. The molecule has 0 saturated carbocycles. The van der Waals surface area contributed by atoms with Gasteiger partial charge in [-0.25, -0.2) is 4.79 Å². The van der Waals surface area contributed by atoms with Gasteiger partial charge in [0.2, 0.25) is 0 Å². The highest BCUT2D eigenvalue weighted by Gasteiger charge is 2.10. The van der Waals surface area contributed by atoms with Crippen molar-refractivity contribution in [2.75, 3.05) is 20.3 Å². The molecule has 0 spiro atoms. The van der Waals surface area contributed by atoms with Gasteiger partial charge < -0.3 is 19.5 Å². The third-order valence-corrected chi connectivity index (χ3v) is 3.63. The molecule has 1 amide bonds. The number of amides is 1. The summed E-state index contributed by atoms with van der Waals surface area (Å²) >= 11 is 0. The molecule has 0 aromatic heterocycles. The second-order valence-corrected chi connectivity index (χ2v) is 5.62. The van der Waals surface area contributed by atoms with Crippen LogP contribution in [0.3, 0.4) is 0 Å². The molecule has 0 aliphatic rings. The van der Waals surface area contributed by atoms with Gasteiger partial charge in [0, 0.05) is 17.7 Å². The van der Waals surface area contributed by atoms with E-state index in [2.05, 4.69) is 5.32 Å². The topological polar surface area (TPSA) is 90.9 Å². The molecule has 7 nitrogen and oxygen atoms in total. The minimum atomic E-state index is -0.685. The fourth-order valence-electron chi connectivity index (χ4n) is 2.23. The molecule has 2 aromatic carbocycles. The van der Waals surface area contributed by atoms with Crippen LogP contribution in [-0.4, -0.2) is 38.0 Å². The maximum atomic E-state index is 11.8. The summed E-state index contributed by atoms with van der Waals surface area (Å²) in [5, 5.41) is 2.65. The fourth-order valence-corrected chi connectivity index (χ4v) is 2.23. The Hall–Kier alpha value is -3.35. The Bertz CT molecular complexity index is 818. The lowest BCUT2D eigenvalue weighted by molar-refractivity contribution is -0.150. The molecule has 27 heavy (non-hydrogen) atoms. The highest BCUT2D eigenvalue weighted by molar-refractivity contribution is 5.94. The molecule has 0 bridgehead atoms. The average molecular weight is 371 g/mol. The fraction of sp³-hybridized carbons (Fsp3) is 0.250. The van der Waals surface area contributed by atoms with Crippen molar-refractivity contribution in [1.82, 2.24) is 5.32 Å². The smallest absolute Gasteiger partial charge is 0.344 e. The zero-order valence-electron chi connectivity index (χ0n) is 15.2. The molecule has 0 saturated heterocycles. The van der Waals surface area contributed by atoms with Gasteiger partial charge in [0.1, 0.15) is 11.5 Å². The van der Waals surface area contributed by atoms with Crippen LogP contribution in [0.1, 0.15) is 22.8 Å². The van der Waals surface area contributed by atoms with E-state index in [1.54, 1.807) is 31.4 Å². The van der Waals surface area contributed by atoms with Crippen LogP contribution in [0.15, 0.2) is 48.5 Å². The third-order valence-electron chi connectivity index (χ3n) is 3.63. The van der Waals surface area contributed by atoms with Crippen molar-refractivity contribution in [2.24, 2.45) is 0 Å². The highest BCUT2D eigenvalue weighted by atomic mass is 16.6. The molecule has 0 heterocycles. The van der Waals surface area contributed by atoms with Gasteiger partial charge in [-0.1, -0.05) is 30.3 Å². The summed E-state index contributed by atoms with van der Waals surface area (Å²) in [5.74, 6) is -0.186. The van der Waals surface area contributed by atoms with Crippen LogP contribution in [0.4, 0.5) is 0 Å². The van der Waals surface area contributed by atoms with Gasteiger partial charge in [-0.05, 0) is 25.1 Å². The van der Waals surface area contributed by atoms with E-state index in [1.807, 2.05) is 18.2 Å². The lowest BCUT2D eigenvalue weighted by Crippen LogP contribution is -2.29. The number of ketones is 1. The van der Waals surface area contributed by atoms with E-state index in [4.69, 9.17) is 14.2 Å². The van der Waals surface area contributed by atoms with Crippen molar-refractivity contribution in [1.29, 1.82) is 0 Å². The second-order valence-electron chi connectivity index (χ2n) is 5.62. The summed E-state index contributed by atoms with van der Waals surface area (Å²) in [6.07, 6.45) is 0. The van der Waals surface area contributed by atoms with E-state index in [-0.39, 0.29) is 18.9 Å². The summed E-state index contributed by atoms with van der Waals surface area (Å²) in [4.78, 5) is 34.8. The molecule has 7 heteroatoms. The monoisotopic (exact) mass is 371 g/mol. The molecule has 0 aliphatic carbocycles. The number of carbonyl (C=O) groups is 3. The first-order valence-corrected chi connectivity index (χ1v) is 8.27. The average Bonchev–Trinajstić information content (AvgIpc) is 2.69. The number of benzene rings is 2. The van der Waals surface area contributed by atoms with Gasteiger partial charge in [-0.3, -0.25) is 9.59 Å². The zero-order valence-corrected chi connectivity index (χ0v) is 15.2. The normalized spacial score (nSPS) is 10.0. The zero-order chi connectivity index (χ0) is 19.6. The number of carbonyl (C=O) groups excluding carboxylic acids is 3. The Morgan fingerprint density at radius 1 is 1.00 bits per heavy atom. The van der Waals surface area contributed by atoms with Crippen LogP contribution in [-0.2, 0) is 20.9 Å². The van der Waals surface area contributed by atoms with Gasteiger partial charge in [-0.15, -0.1) is 0 Å². The predicted molar refractivity (Wildman–Crippen MR) is 97.7 cm³/mol. The SMILES string of the molecule is COc1ccccc1CNC(=O)COC(=O)COc1cccc(C(C)=O)c1. The molecular weight excluding hydrogens is 350 g/mol. The van der Waals surface area contributed by atoms with Crippen LogP contribution < -0.4 is 14.8 Å². The summed E-state index contributed by atoms with van der Waals surface area (Å²) in [6, 6.07) is 13.8. The van der Waals surface area contributed by atoms with Crippen LogP contribution in [0.2, 0.25) is 0 Å². The highest BCUT2D eigenvalue weighted by Crippen LogP contribution is 2.16. The van der Waals surface area contributed by atoms with Crippen LogP contribution in [0, 0.1) is 0 Å². The largest absolute Gasteiger partial charge is 0.496 e. The van der Waals surface area contributed by atoms with Crippen LogP contribution in [0.5, 0.6) is 11.5 Å². The van der Waals surface area contributed by atoms with Gasteiger partial charge in [0.25, 0.3) is 5.91 Å². The van der Waals surface area contributed by atoms with E-state index in [0.29, 0.717) is 17.1 Å². The van der Waals surface area contributed by atoms with E-state index in [0.717, 1.165) is 5.56 Å². The number of ether oxygens (including phenoxy) is 3. The standard InChI is InChI=1S/C20H21NO6/c1-14(22)15-7-5-8-17(10-15)26-13-20(24)27-12-19(23)21-11-16-6-3-4-9-18(16)25-2/h3-10H,11-13H2,1-2H3,(H,21,23). The van der Waals surface area contributed by atoms with E-state index >= 15 is 0 Å². The van der Waals surface area contributed by atoms with Crippen molar-refractivity contribution in [3.63, 3.8) is 0 Å². The molecule has 2 aromatic rings. The van der Waals surface area contributed by atoms with Crippen LogP contribution in [0.25, 0.3) is 0 Å². The molecule has 0 aliphatic heterocycles. The lowest BCUT2D eigenvalue weighted by atomic mass is 10.1. The number of hydrogen-bond acceptors (Lipinski definition) is 6. The predicted octanol–water partition coefficient (Wildman–Crippen LogP) is 2.14. The van der Waals surface area contributed by atoms with Crippen molar-refractivity contribution in [3.05, 3.63) is 59.7 Å². The van der Waals surface area contributed by atoms with Gasteiger partial charge >= 0.3 is 5.97 Å². The third kappa shape index (κ3) is 6.47. The molecule has 0 radical (unpaired) electrons. The molecule has 0 fully saturated rings. The van der Waals surface area contributed by atoms with Crippen LogP contribution >= 0.6 is 0 Å². The first-order chi connectivity index (χ1) is 13.0. The summed E-state index contributed by atoms with van der Waals surface area (Å²) in [7, 11) is 1.55. The van der Waals surface area contributed by atoms with Crippen molar-refractivity contribution in [2.45, 2.75) is 13.5 Å². The lowest BCUT2D eigenvalue weighted by Gasteiger charge is -2.10. The number of methoxy groups -OCH3 is 1. The number of esters is 1. The number of rotatable bonds is 9. The van der Waals surface area contributed by atoms with Gasteiger partial charge in [0.15, 0.2) is 19.0 Å². The molecular formula is C20H21NO6. The Balaban J connectivity index is 1.72. The Morgan fingerprint density at radius 2 is 1.78 bits per heavy atom. The molecule has 2 rings (SSSR count). The van der Waals surface area contributed by atoms with Crippen molar-refractivity contribution < 1.29 is 28.6 Å². The minimum Gasteiger partial charge on any atom is -0.496 e. The maximum absolute atomic E-state index is 11.8. The number of nitrogens with one attached hydrogen (secondary N) is 1. The summed E-state index contributed by atoms with van der Waals surface area (Å²) in [5.41, 5.74) is 1.30. The molecule has 142 valence electrons. The van der Waals surface area contributed by atoms with E-state index in [1.165, 1.54) is 13.0 Å². The molecule has 0 unspecified atom stereocenters. The number of hydrogen-bond donors (Lipinski definition) is 1. The van der Waals surface area contributed by atoms with Crippen molar-refractivity contribution >= 4 is 17.7 Å². The Morgan fingerprint density at radius 3 is 2.52 bits per heavy atom. The molecule has 1 N–H and O–H groups in total. The number of Topliss-reactive ketones (excluding diaryl/α,β-unsaturated/α-hetero) is 1. The van der Waals surface area contributed by atoms with Crippen molar-refractivity contribution in [3.8, 4) is 11.5 Å². The van der Waals surface area contributed by atoms with E-state index in [9.17, 15) is 14.4 Å². The molecule has 0 atom stereocenters.